The van der Waals surface area contributed by atoms with Gasteiger partial charge in [-0.25, -0.2) is 15.0 Å². The summed E-state index contributed by atoms with van der Waals surface area (Å²) in [5.74, 6) is 0.737. The lowest BCUT2D eigenvalue weighted by Gasteiger charge is -2.20. The molecule has 15 aromatic rings. The fourth-order valence-electron chi connectivity index (χ4n) is 11.2. The van der Waals surface area contributed by atoms with E-state index in [2.05, 4.69) is 65.2 Å². The second-order valence-corrected chi connectivity index (χ2v) is 19.6. The summed E-state index contributed by atoms with van der Waals surface area (Å²) in [6.07, 6.45) is -4.91. The van der Waals surface area contributed by atoms with Crippen LogP contribution in [-0.4, -0.2) is 24.1 Å². The van der Waals surface area contributed by atoms with Crippen LogP contribution in [0.2, 0.25) is 0 Å². The fraction of sp³-hybridized carbons (Fsp3) is 0.0156. The highest BCUT2D eigenvalue weighted by Gasteiger charge is 2.40. The number of hydrogen-bond donors (Lipinski definition) is 0. The minimum Gasteiger partial charge on any atom is -0.454 e. The van der Waals surface area contributed by atoms with E-state index in [9.17, 15) is 0 Å². The zero-order chi connectivity index (χ0) is 49.2. The van der Waals surface area contributed by atoms with Crippen LogP contribution in [0.25, 0.3) is 142 Å². The number of hydrogen-bond acceptors (Lipinski definition) is 5. The number of rotatable bonds is 6. The monoisotopic (exact) mass is 979 g/mol. The zero-order valence-electron chi connectivity index (χ0n) is 39.0. The molecule has 0 aliphatic heterocycles. The standard InChI is InChI=1S/C64H36F3N5OS/c65-64(66,67)49-36-48(63-69-61(37-18-4-1-5-19-37)68-62(70-63)38-20-6-2-7-21-38)55-44-27-12-16-30-52(44)73-60(55)59(49)72-51-29-15-11-26-43(51)56-57(72)45(39-32-33-54-46(34-39)42-25-13-17-31-53(42)74-54)35-47-41-24-10-14-28-50(41)71(58(47)56)40-22-8-3-9-23-40/h1-36H. The van der Waals surface area contributed by atoms with Crippen LogP contribution in [-0.2, 0) is 6.18 Å². The first-order valence-electron chi connectivity index (χ1n) is 24.3. The summed E-state index contributed by atoms with van der Waals surface area (Å²) in [4.78, 5) is 14.9. The smallest absolute Gasteiger partial charge is 0.418 e. The second kappa shape index (κ2) is 16.1. The number of benzene rings is 10. The minimum absolute atomic E-state index is 0.0514. The molecule has 10 aromatic carbocycles. The quantitative estimate of drug-likeness (QED) is 0.167. The van der Waals surface area contributed by atoms with Crippen LogP contribution in [0.1, 0.15) is 5.56 Å². The number of para-hydroxylation sites is 4. The molecule has 0 saturated heterocycles. The van der Waals surface area contributed by atoms with E-state index in [1.807, 2.05) is 150 Å². The lowest BCUT2D eigenvalue weighted by molar-refractivity contribution is -0.137. The van der Waals surface area contributed by atoms with Gasteiger partial charge in [0.2, 0.25) is 0 Å². The maximum atomic E-state index is 16.9. The van der Waals surface area contributed by atoms with Crippen LogP contribution in [0.4, 0.5) is 13.2 Å². The van der Waals surface area contributed by atoms with Crippen molar-refractivity contribution < 1.29 is 17.6 Å². The maximum absolute atomic E-state index is 16.9. The Morgan fingerprint density at radius 2 is 0.973 bits per heavy atom. The van der Waals surface area contributed by atoms with Gasteiger partial charge >= 0.3 is 6.18 Å². The van der Waals surface area contributed by atoms with E-state index < -0.39 is 11.7 Å². The molecule has 6 nitrogen and oxygen atoms in total. The molecular weight excluding hydrogens is 944 g/mol. The molecule has 350 valence electrons. The van der Waals surface area contributed by atoms with Crippen LogP contribution in [0.5, 0.6) is 0 Å². The van der Waals surface area contributed by atoms with Crippen molar-refractivity contribution in [3.63, 3.8) is 0 Å². The van der Waals surface area contributed by atoms with E-state index in [-0.39, 0.29) is 22.7 Å². The second-order valence-electron chi connectivity index (χ2n) is 18.6. The summed E-state index contributed by atoms with van der Waals surface area (Å²) in [7, 11) is 0. The molecule has 5 heterocycles. The van der Waals surface area contributed by atoms with E-state index >= 15 is 13.2 Å². The summed E-state index contributed by atoms with van der Waals surface area (Å²) in [5.41, 5.74) is 6.61. The Morgan fingerprint density at radius 3 is 1.68 bits per heavy atom. The summed E-state index contributed by atoms with van der Waals surface area (Å²) in [6.45, 7) is 0. The third kappa shape index (κ3) is 6.34. The van der Waals surface area contributed by atoms with Crippen molar-refractivity contribution in [2.75, 3.05) is 0 Å². The molecule has 0 saturated carbocycles. The predicted octanol–water partition coefficient (Wildman–Crippen LogP) is 18.0. The van der Waals surface area contributed by atoms with Gasteiger partial charge in [0.25, 0.3) is 0 Å². The van der Waals surface area contributed by atoms with Crippen molar-refractivity contribution in [2.24, 2.45) is 0 Å². The molecule has 0 unspecified atom stereocenters. The maximum Gasteiger partial charge on any atom is 0.418 e. The molecule has 0 aliphatic rings. The third-order valence-electron chi connectivity index (χ3n) is 14.4. The Hall–Kier alpha value is -9.38. The number of nitrogens with zero attached hydrogens (tertiary/aromatic N) is 5. The van der Waals surface area contributed by atoms with Gasteiger partial charge in [0.05, 0.1) is 27.6 Å². The summed E-state index contributed by atoms with van der Waals surface area (Å²) >= 11 is 1.72. The molecule has 0 radical (unpaired) electrons. The first kappa shape index (κ1) is 42.3. The SMILES string of the molecule is FC(F)(F)c1cc(-c2nc(-c3ccccc3)nc(-c3ccccc3)n2)c2c(oc3ccccc32)c1-n1c2ccccc2c2c1c(-c1ccc3sc4ccccc4c3c1)cc1c3ccccc3n(-c3ccccc3)c12. The first-order chi connectivity index (χ1) is 36.4. The number of alkyl halides is 3. The Balaban J connectivity index is 1.14. The molecule has 0 spiro atoms. The van der Waals surface area contributed by atoms with Crippen LogP contribution in [0.3, 0.4) is 0 Å². The average molecular weight is 980 g/mol. The van der Waals surface area contributed by atoms with E-state index in [1.165, 1.54) is 6.07 Å². The van der Waals surface area contributed by atoms with E-state index in [0.29, 0.717) is 50.2 Å². The Kier molecular flexibility index (Phi) is 9.19. The van der Waals surface area contributed by atoms with Gasteiger partial charge in [0.15, 0.2) is 23.1 Å². The van der Waals surface area contributed by atoms with Crippen LogP contribution < -0.4 is 0 Å². The van der Waals surface area contributed by atoms with Gasteiger partial charge in [-0.3, -0.25) is 0 Å². The van der Waals surface area contributed by atoms with Crippen LogP contribution >= 0.6 is 11.3 Å². The normalized spacial score (nSPS) is 12.3. The number of thiophene rings is 1. The molecule has 0 atom stereocenters. The lowest BCUT2D eigenvalue weighted by atomic mass is 9.96. The van der Waals surface area contributed by atoms with Gasteiger partial charge < -0.3 is 13.6 Å². The topological polar surface area (TPSA) is 61.7 Å². The van der Waals surface area contributed by atoms with Crippen molar-refractivity contribution in [2.45, 2.75) is 6.18 Å². The molecule has 0 bridgehead atoms. The van der Waals surface area contributed by atoms with E-state index in [4.69, 9.17) is 19.4 Å². The van der Waals surface area contributed by atoms with Gasteiger partial charge in [-0.05, 0) is 66.2 Å². The van der Waals surface area contributed by atoms with Gasteiger partial charge in [-0.1, -0.05) is 158 Å². The molecule has 74 heavy (non-hydrogen) atoms. The van der Waals surface area contributed by atoms with Crippen molar-refractivity contribution in [3.05, 3.63) is 224 Å². The van der Waals surface area contributed by atoms with Gasteiger partial charge in [0.1, 0.15) is 11.3 Å². The number of aromatic nitrogens is 5. The molecule has 15 rings (SSSR count). The molecule has 5 aromatic heterocycles. The van der Waals surface area contributed by atoms with Crippen molar-refractivity contribution in [1.82, 2.24) is 24.1 Å². The van der Waals surface area contributed by atoms with E-state index in [0.717, 1.165) is 69.6 Å². The summed E-state index contributed by atoms with van der Waals surface area (Å²) < 4.78 is 63.9. The Labute approximate surface area is 423 Å². The van der Waals surface area contributed by atoms with Crippen molar-refractivity contribution in [1.29, 1.82) is 0 Å². The van der Waals surface area contributed by atoms with Gasteiger partial charge in [-0.2, -0.15) is 13.2 Å². The summed E-state index contributed by atoms with van der Waals surface area (Å²) in [6, 6.07) is 70.7. The molecule has 0 aliphatic carbocycles. The highest BCUT2D eigenvalue weighted by Crippen LogP contribution is 2.52. The first-order valence-corrected chi connectivity index (χ1v) is 25.1. The Bertz CT molecular complexity index is 4710. The third-order valence-corrected chi connectivity index (χ3v) is 15.5. The largest absolute Gasteiger partial charge is 0.454 e. The van der Waals surface area contributed by atoms with Crippen LogP contribution in [0, 0.1) is 0 Å². The minimum atomic E-state index is -4.91. The van der Waals surface area contributed by atoms with Gasteiger partial charge in [-0.15, -0.1) is 11.3 Å². The number of halogens is 3. The highest BCUT2D eigenvalue weighted by atomic mass is 32.1. The van der Waals surface area contributed by atoms with E-state index in [1.54, 1.807) is 17.4 Å². The summed E-state index contributed by atoms with van der Waals surface area (Å²) in [5, 5.41) is 6.87. The number of furan rings is 1. The van der Waals surface area contributed by atoms with Crippen LogP contribution in [0.15, 0.2) is 223 Å². The number of fused-ring (bicyclic) bond motifs is 13. The van der Waals surface area contributed by atoms with Gasteiger partial charge in [0, 0.05) is 80.4 Å². The average Bonchev–Trinajstić information content (AvgIpc) is 4.32. The highest BCUT2D eigenvalue weighted by molar-refractivity contribution is 7.25. The molecular formula is C64H36F3N5OS. The Morgan fingerprint density at radius 1 is 0.405 bits per heavy atom. The fourth-order valence-corrected chi connectivity index (χ4v) is 12.3. The molecule has 0 N–H and O–H groups in total. The molecule has 0 amide bonds. The van der Waals surface area contributed by atoms with Crippen molar-refractivity contribution in [3.8, 4) is 56.7 Å². The molecule has 10 heteroatoms. The lowest BCUT2D eigenvalue weighted by Crippen LogP contribution is -2.12. The predicted molar refractivity (Wildman–Crippen MR) is 295 cm³/mol. The van der Waals surface area contributed by atoms with Crippen molar-refractivity contribution >= 4 is 97.1 Å². The zero-order valence-corrected chi connectivity index (χ0v) is 39.8. The molecule has 0 fully saturated rings.